The van der Waals surface area contributed by atoms with Gasteiger partial charge in [-0.25, -0.2) is 0 Å². The van der Waals surface area contributed by atoms with E-state index in [0.29, 0.717) is 0 Å². The van der Waals surface area contributed by atoms with Crippen molar-refractivity contribution >= 4 is 5.97 Å². The number of aliphatic hydroxyl groups is 5. The van der Waals surface area contributed by atoms with Gasteiger partial charge in [0, 0.05) is 0 Å². The average molecular weight is 280 g/mol. The lowest BCUT2D eigenvalue weighted by Gasteiger charge is -2.46. The summed E-state index contributed by atoms with van der Waals surface area (Å²) < 4.78 is 9.72. The van der Waals surface area contributed by atoms with Gasteiger partial charge >= 0.3 is 5.97 Å². The van der Waals surface area contributed by atoms with E-state index in [1.807, 2.05) is 0 Å². The van der Waals surface area contributed by atoms with Gasteiger partial charge in [0.1, 0.15) is 30.3 Å². The number of rotatable bonds is 4. The molecule has 0 bridgehead atoms. The summed E-state index contributed by atoms with van der Waals surface area (Å²) in [4.78, 5) is 11.7. The Morgan fingerprint density at radius 2 is 2.00 bits per heavy atom. The minimum Gasteiger partial charge on any atom is -0.466 e. The number of aliphatic hydroxyl groups excluding tert-OH is 4. The van der Waals surface area contributed by atoms with Crippen LogP contribution in [0.15, 0.2) is 0 Å². The molecule has 8 nitrogen and oxygen atoms in total. The molecule has 0 amide bonds. The van der Waals surface area contributed by atoms with Gasteiger partial charge in [-0.1, -0.05) is 0 Å². The lowest BCUT2D eigenvalue weighted by molar-refractivity contribution is -0.333. The van der Waals surface area contributed by atoms with Crippen LogP contribution in [0.5, 0.6) is 0 Å². The van der Waals surface area contributed by atoms with Crippen LogP contribution in [-0.2, 0) is 14.3 Å². The van der Waals surface area contributed by atoms with E-state index in [9.17, 15) is 25.2 Å². The highest BCUT2D eigenvalue weighted by Gasteiger charge is 2.56. The number of hydrogen-bond acceptors (Lipinski definition) is 8. The van der Waals surface area contributed by atoms with E-state index in [1.54, 1.807) is 6.92 Å². The first-order valence-electron chi connectivity index (χ1n) is 5.98. The summed E-state index contributed by atoms with van der Waals surface area (Å²) in [5, 5.41) is 48.0. The molecule has 0 aromatic heterocycles. The Morgan fingerprint density at radius 1 is 1.42 bits per heavy atom. The van der Waals surface area contributed by atoms with Crippen LogP contribution in [0.2, 0.25) is 0 Å². The molecule has 1 heterocycles. The number of ether oxygens (including phenoxy) is 2. The van der Waals surface area contributed by atoms with Crippen molar-refractivity contribution < 1.29 is 39.8 Å². The quantitative estimate of drug-likeness (QED) is 0.352. The summed E-state index contributed by atoms with van der Waals surface area (Å²) in [5.74, 6) is -4.56. The van der Waals surface area contributed by atoms with Crippen LogP contribution in [0.4, 0.5) is 0 Å². The monoisotopic (exact) mass is 280 g/mol. The molecule has 0 spiro atoms. The second-order valence-electron chi connectivity index (χ2n) is 4.60. The van der Waals surface area contributed by atoms with Crippen LogP contribution in [0.3, 0.4) is 0 Å². The second-order valence-corrected chi connectivity index (χ2v) is 4.60. The number of carbonyl (C=O) groups is 1. The summed E-state index contributed by atoms with van der Waals surface area (Å²) in [7, 11) is 0. The molecular weight excluding hydrogens is 260 g/mol. The number of hydrogen-bond donors (Lipinski definition) is 5. The van der Waals surface area contributed by atoms with E-state index >= 15 is 0 Å². The molecule has 6 atom stereocenters. The largest absolute Gasteiger partial charge is 0.466 e. The van der Waals surface area contributed by atoms with Crippen molar-refractivity contribution in [3.05, 3.63) is 0 Å². The van der Waals surface area contributed by atoms with Crippen molar-refractivity contribution in [2.24, 2.45) is 5.92 Å². The van der Waals surface area contributed by atoms with Crippen molar-refractivity contribution in [1.82, 2.24) is 0 Å². The van der Waals surface area contributed by atoms with Gasteiger partial charge in [0.2, 0.25) is 0 Å². The van der Waals surface area contributed by atoms with Crippen LogP contribution in [-0.4, -0.2) is 74.9 Å². The van der Waals surface area contributed by atoms with Crippen LogP contribution in [0, 0.1) is 5.92 Å². The first kappa shape index (κ1) is 16.3. The fraction of sp³-hybridized carbons (Fsp3) is 0.909. The molecule has 19 heavy (non-hydrogen) atoms. The summed E-state index contributed by atoms with van der Waals surface area (Å²) >= 11 is 0. The zero-order valence-corrected chi connectivity index (χ0v) is 10.8. The molecule has 5 N–H and O–H groups in total. The maximum Gasteiger partial charge on any atom is 0.317 e. The van der Waals surface area contributed by atoms with E-state index in [4.69, 9.17) is 14.6 Å². The Morgan fingerprint density at radius 3 is 2.47 bits per heavy atom. The lowest BCUT2D eigenvalue weighted by atomic mass is 9.83. The Bertz CT molecular complexity index is 318. The maximum atomic E-state index is 11.7. The molecule has 1 rings (SSSR count). The van der Waals surface area contributed by atoms with Crippen molar-refractivity contribution in [2.75, 3.05) is 13.2 Å². The van der Waals surface area contributed by atoms with Crippen LogP contribution in [0.25, 0.3) is 0 Å². The molecule has 1 saturated heterocycles. The standard InChI is InChI=1S/C11H20O8/c1-3-18-10(16)6-7(14)8(15)9(5(13)4-12)19-11(6,2)17/h5-9,12-15,17H,3-4H2,1-2H3/t5-,6+,7-,8-,9-,11+/m1/s1. The smallest absolute Gasteiger partial charge is 0.317 e. The fourth-order valence-corrected chi connectivity index (χ4v) is 2.13. The Labute approximate surface area is 110 Å². The van der Waals surface area contributed by atoms with Gasteiger partial charge in [0.15, 0.2) is 5.79 Å². The normalized spacial score (nSPS) is 40.8. The van der Waals surface area contributed by atoms with E-state index in [0.717, 1.165) is 6.92 Å². The summed E-state index contributed by atoms with van der Waals surface area (Å²) in [5.41, 5.74) is 0. The van der Waals surface area contributed by atoms with Gasteiger partial charge in [-0.05, 0) is 13.8 Å². The minimum atomic E-state index is -2.13. The highest BCUT2D eigenvalue weighted by Crippen LogP contribution is 2.34. The fourth-order valence-electron chi connectivity index (χ4n) is 2.13. The second kappa shape index (κ2) is 6.12. The van der Waals surface area contributed by atoms with Gasteiger partial charge in [0.25, 0.3) is 0 Å². The van der Waals surface area contributed by atoms with Crippen LogP contribution >= 0.6 is 0 Å². The van der Waals surface area contributed by atoms with Gasteiger partial charge in [-0.15, -0.1) is 0 Å². The highest BCUT2D eigenvalue weighted by atomic mass is 16.7. The van der Waals surface area contributed by atoms with Crippen LogP contribution < -0.4 is 0 Å². The van der Waals surface area contributed by atoms with E-state index < -0.39 is 48.7 Å². The third-order valence-corrected chi connectivity index (χ3v) is 3.09. The Kier molecular flexibility index (Phi) is 5.25. The topological polar surface area (TPSA) is 137 Å². The number of esters is 1. The molecule has 0 unspecified atom stereocenters. The molecule has 1 aliphatic rings. The van der Waals surface area contributed by atoms with E-state index in [2.05, 4.69) is 0 Å². The van der Waals surface area contributed by atoms with Crippen LogP contribution in [0.1, 0.15) is 13.8 Å². The summed E-state index contributed by atoms with van der Waals surface area (Å²) in [6.07, 6.45) is -6.24. The third-order valence-electron chi connectivity index (χ3n) is 3.09. The lowest BCUT2D eigenvalue weighted by Crippen LogP contribution is -2.65. The average Bonchev–Trinajstić information content (AvgIpc) is 2.33. The predicted molar refractivity (Wildman–Crippen MR) is 60.7 cm³/mol. The third kappa shape index (κ3) is 3.22. The molecule has 1 aliphatic heterocycles. The van der Waals surface area contributed by atoms with Gasteiger partial charge in [0.05, 0.1) is 13.2 Å². The summed E-state index contributed by atoms with van der Waals surface area (Å²) in [6.45, 7) is 1.98. The van der Waals surface area contributed by atoms with Crippen molar-refractivity contribution in [1.29, 1.82) is 0 Å². The molecule has 0 aliphatic carbocycles. The number of carbonyl (C=O) groups excluding carboxylic acids is 1. The van der Waals surface area contributed by atoms with E-state index in [-0.39, 0.29) is 6.61 Å². The van der Waals surface area contributed by atoms with Crippen molar-refractivity contribution in [3.8, 4) is 0 Å². The zero-order chi connectivity index (χ0) is 14.8. The van der Waals surface area contributed by atoms with Gasteiger partial charge < -0.3 is 35.0 Å². The molecule has 0 saturated carbocycles. The van der Waals surface area contributed by atoms with Gasteiger partial charge in [-0.2, -0.15) is 0 Å². The molecular formula is C11H20O8. The maximum absolute atomic E-state index is 11.7. The first-order chi connectivity index (χ1) is 8.76. The molecule has 0 radical (unpaired) electrons. The first-order valence-corrected chi connectivity index (χ1v) is 5.98. The molecule has 8 heteroatoms. The molecule has 1 fully saturated rings. The van der Waals surface area contributed by atoms with Crippen molar-refractivity contribution in [2.45, 2.75) is 44.1 Å². The Balaban J connectivity index is 2.96. The zero-order valence-electron chi connectivity index (χ0n) is 10.8. The highest BCUT2D eigenvalue weighted by molar-refractivity contribution is 5.74. The van der Waals surface area contributed by atoms with Gasteiger partial charge in [-0.3, -0.25) is 4.79 Å². The molecule has 0 aromatic rings. The minimum absolute atomic E-state index is 0.0386. The molecule has 0 aromatic carbocycles. The van der Waals surface area contributed by atoms with E-state index in [1.165, 1.54) is 0 Å². The Hall–Kier alpha value is -0.770. The van der Waals surface area contributed by atoms with Crippen molar-refractivity contribution in [3.63, 3.8) is 0 Å². The summed E-state index contributed by atoms with van der Waals surface area (Å²) in [6, 6.07) is 0. The molecule has 112 valence electrons. The SMILES string of the molecule is CCOC(=O)[C@@H]1[C@@H](O)[C@@H](O)[C@@H]([C@H](O)CO)O[C@]1(C)O. The predicted octanol–water partition coefficient (Wildman–Crippen LogP) is -2.65.